The van der Waals surface area contributed by atoms with Gasteiger partial charge in [0.1, 0.15) is 6.61 Å². The minimum absolute atomic E-state index is 0.0985. The van der Waals surface area contributed by atoms with E-state index in [2.05, 4.69) is 0 Å². The lowest BCUT2D eigenvalue weighted by molar-refractivity contribution is -0.385. The minimum atomic E-state index is -0.690. The van der Waals surface area contributed by atoms with Gasteiger partial charge in [0.2, 0.25) is 0 Å². The van der Waals surface area contributed by atoms with Crippen LogP contribution in [0.2, 0.25) is 0 Å². The summed E-state index contributed by atoms with van der Waals surface area (Å²) >= 11 is 0. The predicted octanol–water partition coefficient (Wildman–Crippen LogP) is 3.50. The molecule has 0 amide bonds. The van der Waals surface area contributed by atoms with Crippen molar-refractivity contribution in [2.24, 2.45) is 0 Å². The summed E-state index contributed by atoms with van der Waals surface area (Å²) in [4.78, 5) is 22.0. The lowest BCUT2D eigenvalue weighted by Gasteiger charge is -2.05. The van der Waals surface area contributed by atoms with E-state index in [9.17, 15) is 19.3 Å². The number of esters is 1. The monoisotopic (exact) mass is 331 g/mol. The van der Waals surface area contributed by atoms with Gasteiger partial charge < -0.3 is 9.47 Å². The molecule has 0 fully saturated rings. The molecule has 0 aromatic heterocycles. The number of nitro benzene ring substituents is 1. The number of benzene rings is 2. The molecule has 7 heteroatoms. The average molecular weight is 331 g/mol. The second-order valence-corrected chi connectivity index (χ2v) is 4.73. The van der Waals surface area contributed by atoms with Gasteiger partial charge in [-0.25, -0.2) is 9.18 Å². The number of carbonyl (C=O) groups excluding carboxylic acids is 1. The summed E-state index contributed by atoms with van der Waals surface area (Å²) in [6.45, 7) is -0.124. The molecule has 0 unspecified atom stereocenters. The third-order valence-electron chi connectivity index (χ3n) is 3.13. The molecule has 0 aliphatic rings. The number of carbonyl (C=O) groups is 1. The first kappa shape index (κ1) is 17.1. The van der Waals surface area contributed by atoms with Crippen molar-refractivity contribution < 1.29 is 23.6 Å². The van der Waals surface area contributed by atoms with Crippen molar-refractivity contribution in [1.82, 2.24) is 0 Å². The number of para-hydroxylation sites is 1. The fraction of sp³-hybridized carbons (Fsp3) is 0.118. The Kier molecular flexibility index (Phi) is 5.62. The van der Waals surface area contributed by atoms with Gasteiger partial charge in [-0.15, -0.1) is 0 Å². The number of rotatable bonds is 6. The quantitative estimate of drug-likeness (QED) is 0.350. The molecule has 0 atom stereocenters. The molecule has 0 aliphatic carbocycles. The Bertz CT molecular complexity index is 788. The van der Waals surface area contributed by atoms with Crippen molar-refractivity contribution in [3.8, 4) is 5.75 Å². The van der Waals surface area contributed by atoms with Crippen LogP contribution in [-0.2, 0) is 16.1 Å². The molecule has 6 nitrogen and oxygen atoms in total. The average Bonchev–Trinajstić information content (AvgIpc) is 2.58. The number of ether oxygens (including phenoxy) is 2. The Morgan fingerprint density at radius 1 is 1.29 bits per heavy atom. The van der Waals surface area contributed by atoms with Crippen LogP contribution in [0.4, 0.5) is 10.1 Å². The molecule has 2 aromatic rings. The standard InChI is InChI=1S/C17H14FNO5/c1-23-16-8-6-12(10-14(16)18)11-24-17(20)9-7-13-4-2-3-5-15(13)19(21)22/h2-10H,11H2,1H3/b9-7+. The van der Waals surface area contributed by atoms with Gasteiger partial charge in [0.25, 0.3) is 5.69 Å². The fourth-order valence-electron chi connectivity index (χ4n) is 1.95. The number of hydrogen-bond acceptors (Lipinski definition) is 5. The summed E-state index contributed by atoms with van der Waals surface area (Å²) < 4.78 is 23.3. The van der Waals surface area contributed by atoms with Crippen LogP contribution in [0.3, 0.4) is 0 Å². The molecule has 0 N–H and O–H groups in total. The fourth-order valence-corrected chi connectivity index (χ4v) is 1.95. The molecule has 0 saturated heterocycles. The smallest absolute Gasteiger partial charge is 0.331 e. The number of methoxy groups -OCH3 is 1. The van der Waals surface area contributed by atoms with Crippen molar-refractivity contribution in [3.05, 3.63) is 75.6 Å². The van der Waals surface area contributed by atoms with Crippen LogP contribution in [0.5, 0.6) is 5.75 Å². The molecule has 0 saturated carbocycles. The van der Waals surface area contributed by atoms with Crippen LogP contribution < -0.4 is 4.74 Å². The van der Waals surface area contributed by atoms with E-state index >= 15 is 0 Å². The molecule has 0 aliphatic heterocycles. The van der Waals surface area contributed by atoms with Gasteiger partial charge in [0.15, 0.2) is 11.6 Å². The highest BCUT2D eigenvalue weighted by Crippen LogP contribution is 2.20. The second-order valence-electron chi connectivity index (χ2n) is 4.73. The summed E-state index contributed by atoms with van der Waals surface area (Å²) in [6.07, 6.45) is 2.39. The van der Waals surface area contributed by atoms with Crippen molar-refractivity contribution >= 4 is 17.7 Å². The molecule has 24 heavy (non-hydrogen) atoms. The van der Waals surface area contributed by atoms with Gasteiger partial charge in [0, 0.05) is 12.1 Å². The maximum Gasteiger partial charge on any atom is 0.331 e. The van der Waals surface area contributed by atoms with Crippen LogP contribution in [0.25, 0.3) is 6.08 Å². The summed E-state index contributed by atoms with van der Waals surface area (Å²) in [5.74, 6) is -1.15. The number of hydrogen-bond donors (Lipinski definition) is 0. The Balaban J connectivity index is 1.99. The van der Waals surface area contributed by atoms with Gasteiger partial charge >= 0.3 is 5.97 Å². The maximum atomic E-state index is 13.5. The maximum absolute atomic E-state index is 13.5. The first-order valence-electron chi connectivity index (χ1n) is 6.92. The van der Waals surface area contributed by atoms with Gasteiger partial charge in [-0.1, -0.05) is 18.2 Å². The van der Waals surface area contributed by atoms with E-state index in [1.165, 1.54) is 43.5 Å². The van der Waals surface area contributed by atoms with Crippen LogP contribution in [0, 0.1) is 15.9 Å². The molecule has 2 aromatic carbocycles. The zero-order valence-corrected chi connectivity index (χ0v) is 12.8. The largest absolute Gasteiger partial charge is 0.494 e. The lowest BCUT2D eigenvalue weighted by Crippen LogP contribution is -2.01. The van der Waals surface area contributed by atoms with Crippen LogP contribution in [-0.4, -0.2) is 18.0 Å². The van der Waals surface area contributed by atoms with Gasteiger partial charge in [0.05, 0.1) is 17.6 Å². The number of halogens is 1. The Morgan fingerprint density at radius 3 is 2.71 bits per heavy atom. The van der Waals surface area contributed by atoms with E-state index < -0.39 is 16.7 Å². The van der Waals surface area contributed by atoms with E-state index in [1.807, 2.05) is 0 Å². The molecule has 0 radical (unpaired) electrons. The van der Waals surface area contributed by atoms with E-state index in [0.29, 0.717) is 5.56 Å². The first-order chi connectivity index (χ1) is 11.5. The third kappa shape index (κ3) is 4.39. The molecule has 2 rings (SSSR count). The van der Waals surface area contributed by atoms with Crippen molar-refractivity contribution in [2.75, 3.05) is 7.11 Å². The van der Waals surface area contributed by atoms with E-state index in [-0.39, 0.29) is 23.6 Å². The highest BCUT2D eigenvalue weighted by molar-refractivity contribution is 5.87. The third-order valence-corrected chi connectivity index (χ3v) is 3.13. The van der Waals surface area contributed by atoms with Crippen molar-refractivity contribution in [3.63, 3.8) is 0 Å². The van der Waals surface area contributed by atoms with E-state index in [1.54, 1.807) is 12.1 Å². The summed E-state index contributed by atoms with van der Waals surface area (Å²) in [5, 5.41) is 10.9. The summed E-state index contributed by atoms with van der Waals surface area (Å²) in [5.41, 5.74) is 0.634. The molecular weight excluding hydrogens is 317 g/mol. The molecule has 0 spiro atoms. The molecular formula is C17H14FNO5. The molecule has 0 heterocycles. The Morgan fingerprint density at radius 2 is 2.04 bits per heavy atom. The van der Waals surface area contributed by atoms with Gasteiger partial charge in [-0.2, -0.15) is 0 Å². The number of nitro groups is 1. The molecule has 0 bridgehead atoms. The van der Waals surface area contributed by atoms with E-state index in [0.717, 1.165) is 6.08 Å². The van der Waals surface area contributed by atoms with Gasteiger partial charge in [-0.3, -0.25) is 10.1 Å². The van der Waals surface area contributed by atoms with Crippen molar-refractivity contribution in [1.29, 1.82) is 0 Å². The zero-order valence-electron chi connectivity index (χ0n) is 12.8. The Hall–Kier alpha value is -3.22. The van der Waals surface area contributed by atoms with Crippen LogP contribution >= 0.6 is 0 Å². The summed E-state index contributed by atoms with van der Waals surface area (Å²) in [6, 6.07) is 10.2. The summed E-state index contributed by atoms with van der Waals surface area (Å²) in [7, 11) is 1.35. The molecule has 124 valence electrons. The van der Waals surface area contributed by atoms with E-state index in [4.69, 9.17) is 9.47 Å². The first-order valence-corrected chi connectivity index (χ1v) is 6.92. The predicted molar refractivity (Wildman–Crippen MR) is 84.9 cm³/mol. The lowest BCUT2D eigenvalue weighted by atomic mass is 10.1. The minimum Gasteiger partial charge on any atom is -0.494 e. The SMILES string of the molecule is COc1ccc(COC(=O)/C=C/c2ccccc2[N+](=O)[O-])cc1F. The Labute approximate surface area is 137 Å². The number of nitrogens with zero attached hydrogens (tertiary/aromatic N) is 1. The van der Waals surface area contributed by atoms with Crippen molar-refractivity contribution in [2.45, 2.75) is 6.61 Å². The highest BCUT2D eigenvalue weighted by Gasteiger charge is 2.10. The van der Waals surface area contributed by atoms with Crippen LogP contribution in [0.1, 0.15) is 11.1 Å². The van der Waals surface area contributed by atoms with Crippen LogP contribution in [0.15, 0.2) is 48.5 Å². The van der Waals surface area contributed by atoms with Gasteiger partial charge in [-0.05, 0) is 29.8 Å². The second kappa shape index (κ2) is 7.87. The normalized spacial score (nSPS) is 10.6. The topological polar surface area (TPSA) is 78.7 Å². The highest BCUT2D eigenvalue weighted by atomic mass is 19.1. The zero-order chi connectivity index (χ0) is 17.5.